The van der Waals surface area contributed by atoms with Crippen LogP contribution in [0.15, 0.2) is 48.5 Å². The average molecular weight is 295 g/mol. The van der Waals surface area contributed by atoms with Gasteiger partial charge in [-0.1, -0.05) is 57.2 Å². The summed E-state index contributed by atoms with van der Waals surface area (Å²) >= 11 is 0. The molecule has 2 aromatic carbocycles. The van der Waals surface area contributed by atoms with Crippen molar-refractivity contribution >= 4 is 0 Å². The van der Waals surface area contributed by atoms with Crippen LogP contribution in [0.25, 0.3) is 0 Å². The summed E-state index contributed by atoms with van der Waals surface area (Å²) in [6, 6.07) is 17.7. The van der Waals surface area contributed by atoms with Crippen LogP contribution in [0, 0.1) is 5.41 Å². The second-order valence-electron chi connectivity index (χ2n) is 7.18. The molecule has 0 aliphatic carbocycles. The Morgan fingerprint density at radius 3 is 2.41 bits per heavy atom. The Hall–Kier alpha value is -1.80. The molecule has 22 heavy (non-hydrogen) atoms. The SMILES string of the molecule is COc1ccc2c(c1)[C@H](c1ccccc1)[C@H](C(C)(C)C)NC2. The van der Waals surface area contributed by atoms with Gasteiger partial charge in [0.1, 0.15) is 5.75 Å². The third-order valence-corrected chi connectivity index (χ3v) is 4.63. The molecule has 2 heteroatoms. The largest absolute Gasteiger partial charge is 0.497 e. The van der Waals surface area contributed by atoms with Crippen LogP contribution in [0.2, 0.25) is 0 Å². The zero-order chi connectivity index (χ0) is 15.7. The standard InChI is InChI=1S/C20H25NO/c1-20(2,3)19-18(14-8-6-5-7-9-14)17-12-16(22-4)11-10-15(17)13-21-19/h5-12,18-19,21H,13H2,1-4H3/t18-,19+/m0/s1. The maximum atomic E-state index is 5.46. The fraction of sp³-hybridized carbons (Fsp3) is 0.400. The van der Waals surface area contributed by atoms with Gasteiger partial charge in [0.2, 0.25) is 0 Å². The fourth-order valence-corrected chi connectivity index (χ4v) is 3.51. The molecule has 1 aliphatic heterocycles. The molecule has 0 spiro atoms. The van der Waals surface area contributed by atoms with Gasteiger partial charge in [0.25, 0.3) is 0 Å². The van der Waals surface area contributed by atoms with Gasteiger partial charge >= 0.3 is 0 Å². The van der Waals surface area contributed by atoms with Crippen LogP contribution < -0.4 is 10.1 Å². The van der Waals surface area contributed by atoms with Crippen LogP contribution in [0.4, 0.5) is 0 Å². The van der Waals surface area contributed by atoms with Crippen molar-refractivity contribution in [2.75, 3.05) is 7.11 Å². The molecular weight excluding hydrogens is 270 g/mol. The van der Waals surface area contributed by atoms with Crippen molar-refractivity contribution < 1.29 is 4.74 Å². The van der Waals surface area contributed by atoms with E-state index in [0.29, 0.717) is 12.0 Å². The molecule has 0 saturated heterocycles. The van der Waals surface area contributed by atoms with E-state index in [4.69, 9.17) is 4.74 Å². The highest BCUT2D eigenvalue weighted by Gasteiger charge is 2.37. The molecule has 2 aromatic rings. The van der Waals surface area contributed by atoms with E-state index >= 15 is 0 Å². The third-order valence-electron chi connectivity index (χ3n) is 4.63. The van der Waals surface area contributed by atoms with E-state index in [0.717, 1.165) is 12.3 Å². The summed E-state index contributed by atoms with van der Waals surface area (Å²) in [4.78, 5) is 0. The molecule has 0 bridgehead atoms. The smallest absolute Gasteiger partial charge is 0.119 e. The predicted molar refractivity (Wildman–Crippen MR) is 91.4 cm³/mol. The summed E-state index contributed by atoms with van der Waals surface area (Å²) in [6.45, 7) is 7.86. The highest BCUT2D eigenvalue weighted by molar-refractivity contribution is 5.46. The molecule has 0 saturated carbocycles. The third kappa shape index (κ3) is 2.76. The summed E-state index contributed by atoms with van der Waals surface area (Å²) in [5, 5.41) is 3.76. The second kappa shape index (κ2) is 5.77. The van der Waals surface area contributed by atoms with E-state index in [1.807, 2.05) is 0 Å². The zero-order valence-corrected chi connectivity index (χ0v) is 13.9. The van der Waals surface area contributed by atoms with Crippen molar-refractivity contribution in [3.63, 3.8) is 0 Å². The molecule has 0 aromatic heterocycles. The fourth-order valence-electron chi connectivity index (χ4n) is 3.51. The Kier molecular flexibility index (Phi) is 3.96. The average Bonchev–Trinajstić information content (AvgIpc) is 2.53. The van der Waals surface area contributed by atoms with Gasteiger partial charge in [0.15, 0.2) is 0 Å². The van der Waals surface area contributed by atoms with E-state index in [9.17, 15) is 0 Å². The van der Waals surface area contributed by atoms with Gasteiger partial charge in [-0.25, -0.2) is 0 Å². The first-order chi connectivity index (χ1) is 10.5. The summed E-state index contributed by atoms with van der Waals surface area (Å²) in [6.07, 6.45) is 0. The normalized spacial score (nSPS) is 21.3. The molecule has 0 fully saturated rings. The van der Waals surface area contributed by atoms with Crippen LogP contribution in [0.5, 0.6) is 5.75 Å². The Balaban J connectivity index is 2.15. The van der Waals surface area contributed by atoms with Gasteiger partial charge in [-0.2, -0.15) is 0 Å². The first kappa shape index (κ1) is 15.1. The zero-order valence-electron chi connectivity index (χ0n) is 13.9. The van der Waals surface area contributed by atoms with Crippen molar-refractivity contribution in [2.24, 2.45) is 5.41 Å². The summed E-state index contributed by atoms with van der Waals surface area (Å²) < 4.78 is 5.46. The van der Waals surface area contributed by atoms with Gasteiger partial charge in [0.05, 0.1) is 7.11 Å². The van der Waals surface area contributed by atoms with Gasteiger partial charge in [-0.05, 0) is 34.2 Å². The van der Waals surface area contributed by atoms with Crippen LogP contribution in [0.1, 0.15) is 43.4 Å². The highest BCUT2D eigenvalue weighted by atomic mass is 16.5. The molecule has 2 atom stereocenters. The number of methoxy groups -OCH3 is 1. The molecule has 1 heterocycles. The van der Waals surface area contributed by atoms with Gasteiger partial charge in [0, 0.05) is 18.5 Å². The molecule has 3 rings (SSSR count). The monoisotopic (exact) mass is 295 g/mol. The topological polar surface area (TPSA) is 21.3 Å². The Morgan fingerprint density at radius 2 is 1.77 bits per heavy atom. The Bertz CT molecular complexity index is 643. The van der Waals surface area contributed by atoms with E-state index in [-0.39, 0.29) is 5.41 Å². The number of hydrogen-bond donors (Lipinski definition) is 1. The number of benzene rings is 2. The van der Waals surface area contributed by atoms with Crippen LogP contribution in [-0.2, 0) is 6.54 Å². The van der Waals surface area contributed by atoms with Crippen molar-refractivity contribution in [1.82, 2.24) is 5.32 Å². The lowest BCUT2D eigenvalue weighted by atomic mass is 9.70. The molecule has 2 nitrogen and oxygen atoms in total. The van der Waals surface area contributed by atoms with Crippen molar-refractivity contribution in [3.05, 3.63) is 65.2 Å². The van der Waals surface area contributed by atoms with Crippen LogP contribution in [-0.4, -0.2) is 13.2 Å². The Labute approximate surface area is 133 Å². The lowest BCUT2D eigenvalue weighted by molar-refractivity contribution is 0.233. The highest BCUT2D eigenvalue weighted by Crippen LogP contribution is 2.41. The van der Waals surface area contributed by atoms with Crippen LogP contribution in [0.3, 0.4) is 0 Å². The molecule has 1 N–H and O–H groups in total. The van der Waals surface area contributed by atoms with Gasteiger partial charge in [-0.3, -0.25) is 0 Å². The van der Waals surface area contributed by atoms with E-state index < -0.39 is 0 Å². The van der Waals surface area contributed by atoms with Gasteiger partial charge in [-0.15, -0.1) is 0 Å². The number of rotatable bonds is 2. The quantitative estimate of drug-likeness (QED) is 0.889. The summed E-state index contributed by atoms with van der Waals surface area (Å²) in [7, 11) is 1.74. The number of fused-ring (bicyclic) bond motifs is 1. The molecule has 0 radical (unpaired) electrons. The second-order valence-corrected chi connectivity index (χ2v) is 7.18. The first-order valence-corrected chi connectivity index (χ1v) is 7.96. The molecule has 1 aliphatic rings. The minimum Gasteiger partial charge on any atom is -0.497 e. The minimum atomic E-state index is 0.182. The number of hydrogen-bond acceptors (Lipinski definition) is 2. The van der Waals surface area contributed by atoms with Crippen LogP contribution >= 0.6 is 0 Å². The minimum absolute atomic E-state index is 0.182. The number of ether oxygens (including phenoxy) is 1. The summed E-state index contributed by atoms with van der Waals surface area (Å²) in [5.74, 6) is 1.29. The predicted octanol–water partition coefficient (Wildman–Crippen LogP) is 4.35. The van der Waals surface area contributed by atoms with Crippen molar-refractivity contribution in [2.45, 2.75) is 39.3 Å². The van der Waals surface area contributed by atoms with E-state index in [1.54, 1.807) is 7.11 Å². The lowest BCUT2D eigenvalue weighted by Gasteiger charge is -2.42. The lowest BCUT2D eigenvalue weighted by Crippen LogP contribution is -2.48. The van der Waals surface area contributed by atoms with Crippen molar-refractivity contribution in [1.29, 1.82) is 0 Å². The van der Waals surface area contributed by atoms with E-state index in [2.05, 4.69) is 74.6 Å². The molecular formula is C20H25NO. The van der Waals surface area contributed by atoms with E-state index in [1.165, 1.54) is 16.7 Å². The van der Waals surface area contributed by atoms with Crippen molar-refractivity contribution in [3.8, 4) is 5.75 Å². The summed E-state index contributed by atoms with van der Waals surface area (Å²) in [5.41, 5.74) is 4.31. The maximum absolute atomic E-state index is 5.46. The molecule has 0 amide bonds. The Morgan fingerprint density at radius 1 is 1.05 bits per heavy atom. The maximum Gasteiger partial charge on any atom is 0.119 e. The molecule has 116 valence electrons. The number of nitrogens with one attached hydrogen (secondary N) is 1. The first-order valence-electron chi connectivity index (χ1n) is 7.96. The molecule has 0 unspecified atom stereocenters. The van der Waals surface area contributed by atoms with Gasteiger partial charge < -0.3 is 10.1 Å².